The fraction of sp³-hybridized carbons (Fsp3) is 0.714. The molecule has 0 rings (SSSR count). The smallest absolute Gasteiger partial charge is 0.320 e. The quantitative estimate of drug-likeness (QED) is 0.566. The number of nitrogens with two attached hydrogens (primary N) is 1. The Bertz CT molecular complexity index is 177. The van der Waals surface area contributed by atoms with Crippen LogP contribution in [0, 0.1) is 0 Å². The van der Waals surface area contributed by atoms with Gasteiger partial charge < -0.3 is 15.9 Å². The molecular weight excluding hydrogens is 194 g/mol. The molecule has 5 nitrogen and oxygen atoms in total. The predicted molar refractivity (Wildman–Crippen MR) is 49.8 cm³/mol. The number of rotatable bonds is 6. The Labute approximate surface area is 80.3 Å². The standard InChI is InChI=1S/C7H13NO4S/c1-4(6(9)10)13-3-2-5(8)7(11)12/h4-5H,2-3,8H2,1H3,(H,9,10)(H,11,12). The van der Waals surface area contributed by atoms with Gasteiger partial charge in [0.1, 0.15) is 6.04 Å². The maximum atomic E-state index is 10.3. The van der Waals surface area contributed by atoms with Gasteiger partial charge in [-0.2, -0.15) is 0 Å². The van der Waals surface area contributed by atoms with Gasteiger partial charge in [0, 0.05) is 0 Å². The molecule has 2 atom stereocenters. The zero-order chi connectivity index (χ0) is 10.4. The minimum absolute atomic E-state index is 0.289. The van der Waals surface area contributed by atoms with Crippen molar-refractivity contribution in [2.24, 2.45) is 5.73 Å². The molecule has 0 radical (unpaired) electrons. The molecule has 2 unspecified atom stereocenters. The highest BCUT2D eigenvalue weighted by Gasteiger charge is 2.14. The third-order valence-electron chi connectivity index (χ3n) is 1.46. The van der Waals surface area contributed by atoms with Crippen molar-refractivity contribution < 1.29 is 19.8 Å². The number of carboxylic acids is 2. The number of carboxylic acid groups (broad SMARTS) is 2. The largest absolute Gasteiger partial charge is 0.480 e. The van der Waals surface area contributed by atoms with E-state index in [-0.39, 0.29) is 6.42 Å². The number of thioether (sulfide) groups is 1. The monoisotopic (exact) mass is 207 g/mol. The highest BCUT2D eigenvalue weighted by molar-refractivity contribution is 8.00. The minimum atomic E-state index is -1.05. The minimum Gasteiger partial charge on any atom is -0.480 e. The van der Waals surface area contributed by atoms with Crippen LogP contribution in [-0.4, -0.2) is 39.2 Å². The zero-order valence-electron chi connectivity index (χ0n) is 7.27. The predicted octanol–water partition coefficient (Wildman–Crippen LogP) is -0.00530. The van der Waals surface area contributed by atoms with Gasteiger partial charge in [-0.05, 0) is 19.1 Å². The van der Waals surface area contributed by atoms with Gasteiger partial charge >= 0.3 is 11.9 Å². The third-order valence-corrected chi connectivity index (χ3v) is 2.63. The molecule has 0 heterocycles. The van der Waals surface area contributed by atoms with Crippen LogP contribution in [0.5, 0.6) is 0 Å². The average Bonchev–Trinajstić information content (AvgIpc) is 2.03. The number of carbonyl (C=O) groups is 2. The van der Waals surface area contributed by atoms with Crippen LogP contribution in [0.2, 0.25) is 0 Å². The van der Waals surface area contributed by atoms with E-state index in [0.29, 0.717) is 5.75 Å². The van der Waals surface area contributed by atoms with Crippen molar-refractivity contribution in [1.82, 2.24) is 0 Å². The van der Waals surface area contributed by atoms with E-state index in [1.54, 1.807) is 6.92 Å². The Hall–Kier alpha value is -0.750. The van der Waals surface area contributed by atoms with Gasteiger partial charge in [-0.15, -0.1) is 11.8 Å². The highest BCUT2D eigenvalue weighted by atomic mass is 32.2. The van der Waals surface area contributed by atoms with Gasteiger partial charge in [0.15, 0.2) is 0 Å². The summed E-state index contributed by atoms with van der Waals surface area (Å²) in [5.74, 6) is -1.50. The van der Waals surface area contributed by atoms with Crippen LogP contribution in [-0.2, 0) is 9.59 Å². The van der Waals surface area contributed by atoms with Gasteiger partial charge in [-0.25, -0.2) is 0 Å². The summed E-state index contributed by atoms with van der Waals surface area (Å²) in [5.41, 5.74) is 5.22. The van der Waals surface area contributed by atoms with E-state index in [4.69, 9.17) is 15.9 Å². The van der Waals surface area contributed by atoms with Gasteiger partial charge in [0.25, 0.3) is 0 Å². The molecule has 0 aliphatic heterocycles. The van der Waals surface area contributed by atoms with Crippen molar-refractivity contribution >= 4 is 23.7 Å². The molecule has 76 valence electrons. The van der Waals surface area contributed by atoms with E-state index in [9.17, 15) is 9.59 Å². The summed E-state index contributed by atoms with van der Waals surface area (Å²) in [6.07, 6.45) is 0.289. The summed E-state index contributed by atoms with van der Waals surface area (Å²) in [7, 11) is 0. The topological polar surface area (TPSA) is 101 Å². The van der Waals surface area contributed by atoms with Crippen LogP contribution in [0.1, 0.15) is 13.3 Å². The molecule has 0 aromatic heterocycles. The second-order valence-corrected chi connectivity index (χ2v) is 4.03. The summed E-state index contributed by atoms with van der Waals surface area (Å²) in [6.45, 7) is 1.55. The molecule has 0 bridgehead atoms. The van der Waals surface area contributed by atoms with Crippen LogP contribution < -0.4 is 5.73 Å². The zero-order valence-corrected chi connectivity index (χ0v) is 8.08. The highest BCUT2D eigenvalue weighted by Crippen LogP contribution is 2.12. The normalized spacial score (nSPS) is 14.9. The first kappa shape index (κ1) is 12.2. The molecule has 0 spiro atoms. The summed E-state index contributed by atoms with van der Waals surface area (Å²) in [5, 5.41) is 16.4. The van der Waals surface area contributed by atoms with E-state index in [2.05, 4.69) is 0 Å². The average molecular weight is 207 g/mol. The molecule has 0 aliphatic rings. The SMILES string of the molecule is CC(SCCC(N)C(=O)O)C(=O)O. The Kier molecular flexibility index (Phi) is 5.48. The Morgan fingerprint density at radius 1 is 1.38 bits per heavy atom. The summed E-state index contributed by atoms with van der Waals surface area (Å²) in [4.78, 5) is 20.6. The van der Waals surface area contributed by atoms with Crippen molar-refractivity contribution in [3.8, 4) is 0 Å². The molecule has 0 aliphatic carbocycles. The van der Waals surface area contributed by atoms with Gasteiger partial charge in [0.2, 0.25) is 0 Å². The van der Waals surface area contributed by atoms with Crippen LogP contribution in [0.15, 0.2) is 0 Å². The van der Waals surface area contributed by atoms with Crippen molar-refractivity contribution in [1.29, 1.82) is 0 Å². The molecule has 0 aromatic rings. The van der Waals surface area contributed by atoms with Gasteiger partial charge in [0.05, 0.1) is 5.25 Å². The lowest BCUT2D eigenvalue weighted by Crippen LogP contribution is -2.30. The van der Waals surface area contributed by atoms with Crippen molar-refractivity contribution in [3.05, 3.63) is 0 Å². The van der Waals surface area contributed by atoms with Crippen molar-refractivity contribution in [2.45, 2.75) is 24.6 Å². The molecule has 13 heavy (non-hydrogen) atoms. The lowest BCUT2D eigenvalue weighted by atomic mass is 10.2. The molecule has 0 amide bonds. The molecule has 6 heteroatoms. The third kappa shape index (κ3) is 5.48. The van der Waals surface area contributed by atoms with E-state index < -0.39 is 23.2 Å². The maximum Gasteiger partial charge on any atom is 0.320 e. The summed E-state index contributed by atoms with van der Waals surface area (Å²) in [6, 6.07) is -0.895. The summed E-state index contributed by atoms with van der Waals surface area (Å²) >= 11 is 1.19. The maximum absolute atomic E-state index is 10.3. The molecule has 0 saturated carbocycles. The fourth-order valence-corrected chi connectivity index (χ4v) is 1.45. The molecular formula is C7H13NO4S. The number of hydrogen-bond donors (Lipinski definition) is 3. The van der Waals surface area contributed by atoms with Gasteiger partial charge in [-0.1, -0.05) is 0 Å². The van der Waals surface area contributed by atoms with E-state index in [1.807, 2.05) is 0 Å². The Morgan fingerprint density at radius 3 is 2.31 bits per heavy atom. The van der Waals surface area contributed by atoms with Crippen molar-refractivity contribution in [3.63, 3.8) is 0 Å². The second-order valence-electron chi connectivity index (χ2n) is 2.58. The van der Waals surface area contributed by atoms with Crippen molar-refractivity contribution in [2.75, 3.05) is 5.75 Å². The second kappa shape index (κ2) is 5.82. The molecule has 4 N–H and O–H groups in total. The first-order valence-electron chi connectivity index (χ1n) is 3.78. The number of aliphatic carboxylic acids is 2. The lowest BCUT2D eigenvalue weighted by molar-refractivity contribution is -0.138. The van der Waals surface area contributed by atoms with Gasteiger partial charge in [-0.3, -0.25) is 9.59 Å². The van der Waals surface area contributed by atoms with E-state index in [0.717, 1.165) is 0 Å². The summed E-state index contributed by atoms with van der Waals surface area (Å²) < 4.78 is 0. The number of hydrogen-bond acceptors (Lipinski definition) is 4. The van der Waals surface area contributed by atoms with Crippen LogP contribution in [0.3, 0.4) is 0 Å². The molecule has 0 fully saturated rings. The Balaban J connectivity index is 3.56. The van der Waals surface area contributed by atoms with Crippen LogP contribution in [0.25, 0.3) is 0 Å². The first-order valence-corrected chi connectivity index (χ1v) is 4.82. The first-order chi connectivity index (χ1) is 5.95. The van der Waals surface area contributed by atoms with E-state index >= 15 is 0 Å². The molecule has 0 aromatic carbocycles. The van der Waals surface area contributed by atoms with Crippen LogP contribution in [0.4, 0.5) is 0 Å². The fourth-order valence-electron chi connectivity index (χ4n) is 0.567. The molecule has 0 saturated heterocycles. The Morgan fingerprint density at radius 2 is 1.92 bits per heavy atom. The lowest BCUT2D eigenvalue weighted by Gasteiger charge is -2.07. The van der Waals surface area contributed by atoms with E-state index in [1.165, 1.54) is 11.8 Å². The van der Waals surface area contributed by atoms with Crippen LogP contribution >= 0.6 is 11.8 Å².